The van der Waals surface area contributed by atoms with Crippen LogP contribution in [0.25, 0.3) is 0 Å². The summed E-state index contributed by atoms with van der Waals surface area (Å²) in [4.78, 5) is 4.39. The van der Waals surface area contributed by atoms with E-state index < -0.39 is 0 Å². The third-order valence-corrected chi connectivity index (χ3v) is 2.93. The minimum Gasteiger partial charge on any atom is -0.386 e. The van der Waals surface area contributed by atoms with Gasteiger partial charge in [-0.25, -0.2) is 0 Å². The maximum absolute atomic E-state index is 5.86. The van der Waals surface area contributed by atoms with Gasteiger partial charge in [0.15, 0.2) is 0 Å². The average Bonchev–Trinajstić information content (AvgIpc) is 2.34. The Morgan fingerprint density at radius 2 is 2.08 bits per heavy atom. The van der Waals surface area contributed by atoms with Gasteiger partial charge in [0.1, 0.15) is 5.84 Å². The molecule has 0 unspecified atom stereocenters. The standard InChI is InChI=1S/C10H21N3/c1-3-4-5-6-8-7(2)9(11)10(12)13-8/h7-9H,3-6,11H2,1-2H3,(H2,12,13)/t7-,8+,9-/m0/s1. The molecular weight excluding hydrogens is 162 g/mol. The normalized spacial score (nSPS) is 33.5. The summed E-state index contributed by atoms with van der Waals surface area (Å²) < 4.78 is 0. The first-order chi connectivity index (χ1) is 6.16. The van der Waals surface area contributed by atoms with Crippen LogP contribution in [0.15, 0.2) is 4.99 Å². The van der Waals surface area contributed by atoms with Gasteiger partial charge in [0.2, 0.25) is 0 Å². The highest BCUT2D eigenvalue weighted by Gasteiger charge is 2.30. The van der Waals surface area contributed by atoms with Gasteiger partial charge in [0.25, 0.3) is 0 Å². The van der Waals surface area contributed by atoms with Crippen molar-refractivity contribution >= 4 is 5.84 Å². The van der Waals surface area contributed by atoms with E-state index in [9.17, 15) is 0 Å². The Morgan fingerprint density at radius 3 is 2.54 bits per heavy atom. The van der Waals surface area contributed by atoms with E-state index in [0.29, 0.717) is 17.8 Å². The summed E-state index contributed by atoms with van der Waals surface area (Å²) in [6.07, 6.45) is 4.93. The highest BCUT2D eigenvalue weighted by atomic mass is 15.0. The van der Waals surface area contributed by atoms with Gasteiger partial charge in [-0.05, 0) is 6.42 Å². The van der Waals surface area contributed by atoms with E-state index in [1.165, 1.54) is 19.3 Å². The van der Waals surface area contributed by atoms with Crippen molar-refractivity contribution in [3.63, 3.8) is 0 Å². The van der Waals surface area contributed by atoms with Crippen LogP contribution in [-0.2, 0) is 0 Å². The van der Waals surface area contributed by atoms with Gasteiger partial charge in [-0.15, -0.1) is 0 Å². The van der Waals surface area contributed by atoms with Gasteiger partial charge in [-0.2, -0.15) is 0 Å². The van der Waals surface area contributed by atoms with Gasteiger partial charge >= 0.3 is 0 Å². The molecule has 0 saturated carbocycles. The molecule has 76 valence electrons. The lowest BCUT2D eigenvalue weighted by atomic mass is 9.94. The quantitative estimate of drug-likeness (QED) is 0.645. The van der Waals surface area contributed by atoms with Gasteiger partial charge in [-0.1, -0.05) is 33.1 Å². The highest BCUT2D eigenvalue weighted by Crippen LogP contribution is 2.23. The number of nitrogens with two attached hydrogens (primary N) is 2. The predicted molar refractivity (Wildman–Crippen MR) is 56.7 cm³/mol. The van der Waals surface area contributed by atoms with Crippen molar-refractivity contribution in [3.8, 4) is 0 Å². The van der Waals surface area contributed by atoms with Crippen LogP contribution in [0, 0.1) is 5.92 Å². The van der Waals surface area contributed by atoms with Gasteiger partial charge in [0, 0.05) is 5.92 Å². The molecule has 0 fully saturated rings. The second kappa shape index (κ2) is 4.61. The molecule has 0 aromatic rings. The maximum atomic E-state index is 5.86. The van der Waals surface area contributed by atoms with E-state index >= 15 is 0 Å². The Hall–Kier alpha value is -0.570. The zero-order valence-electron chi connectivity index (χ0n) is 8.66. The van der Waals surface area contributed by atoms with Gasteiger partial charge in [-0.3, -0.25) is 4.99 Å². The van der Waals surface area contributed by atoms with Crippen molar-refractivity contribution in [2.24, 2.45) is 22.4 Å². The molecule has 0 amide bonds. The van der Waals surface area contributed by atoms with Crippen LogP contribution in [0.1, 0.15) is 39.5 Å². The van der Waals surface area contributed by atoms with Crippen molar-refractivity contribution in [1.29, 1.82) is 0 Å². The fraction of sp³-hybridized carbons (Fsp3) is 0.900. The largest absolute Gasteiger partial charge is 0.386 e. The topological polar surface area (TPSA) is 64.4 Å². The first-order valence-electron chi connectivity index (χ1n) is 5.25. The molecule has 3 heteroatoms. The minimum absolute atomic E-state index is 0.00775. The lowest BCUT2D eigenvalue weighted by molar-refractivity contribution is 0.428. The van der Waals surface area contributed by atoms with Crippen LogP contribution in [0.5, 0.6) is 0 Å². The Kier molecular flexibility index (Phi) is 3.72. The fourth-order valence-electron chi connectivity index (χ4n) is 1.83. The third-order valence-electron chi connectivity index (χ3n) is 2.93. The number of rotatable bonds is 4. The summed E-state index contributed by atoms with van der Waals surface area (Å²) in [5, 5.41) is 0. The fourth-order valence-corrected chi connectivity index (χ4v) is 1.83. The zero-order valence-corrected chi connectivity index (χ0v) is 8.66. The molecule has 0 saturated heterocycles. The monoisotopic (exact) mass is 183 g/mol. The zero-order chi connectivity index (χ0) is 9.84. The first kappa shape index (κ1) is 10.5. The van der Waals surface area contributed by atoms with Crippen LogP contribution >= 0.6 is 0 Å². The number of unbranched alkanes of at least 4 members (excludes halogenated alkanes) is 2. The van der Waals surface area contributed by atoms with E-state index in [0.717, 1.165) is 6.42 Å². The molecule has 1 heterocycles. The number of amidine groups is 1. The maximum Gasteiger partial charge on any atom is 0.111 e. The van der Waals surface area contributed by atoms with Gasteiger partial charge in [0.05, 0.1) is 12.1 Å². The smallest absolute Gasteiger partial charge is 0.111 e. The number of hydrogen-bond donors (Lipinski definition) is 2. The second-order valence-corrected chi connectivity index (χ2v) is 4.00. The van der Waals surface area contributed by atoms with Crippen LogP contribution < -0.4 is 11.5 Å². The average molecular weight is 183 g/mol. The molecule has 3 atom stereocenters. The van der Waals surface area contributed by atoms with Crippen molar-refractivity contribution in [1.82, 2.24) is 0 Å². The predicted octanol–water partition coefficient (Wildman–Crippen LogP) is 1.27. The van der Waals surface area contributed by atoms with Crippen LogP contribution in [0.3, 0.4) is 0 Å². The molecule has 0 aliphatic carbocycles. The lowest BCUT2D eigenvalue weighted by Crippen LogP contribution is -2.38. The summed E-state index contributed by atoms with van der Waals surface area (Å²) in [7, 11) is 0. The molecule has 0 radical (unpaired) electrons. The van der Waals surface area contributed by atoms with Crippen molar-refractivity contribution in [3.05, 3.63) is 0 Å². The number of hydrogen-bond acceptors (Lipinski definition) is 3. The van der Waals surface area contributed by atoms with Crippen LogP contribution in [0.4, 0.5) is 0 Å². The minimum atomic E-state index is -0.00775. The summed E-state index contributed by atoms with van der Waals surface area (Å²) in [6.45, 7) is 4.35. The number of aliphatic imine (C=N–C) groups is 1. The summed E-state index contributed by atoms with van der Waals surface area (Å²) in [5.74, 6) is 1.07. The molecule has 1 rings (SSSR count). The molecule has 4 N–H and O–H groups in total. The Labute approximate surface area is 80.6 Å². The Balaban J connectivity index is 2.35. The molecule has 1 aliphatic rings. The highest BCUT2D eigenvalue weighted by molar-refractivity contribution is 5.87. The Morgan fingerprint density at radius 1 is 1.38 bits per heavy atom. The summed E-state index contributed by atoms with van der Waals surface area (Å²) >= 11 is 0. The van der Waals surface area contributed by atoms with E-state index in [4.69, 9.17) is 11.5 Å². The molecule has 13 heavy (non-hydrogen) atoms. The molecule has 0 bridgehead atoms. The van der Waals surface area contributed by atoms with Crippen molar-refractivity contribution in [2.45, 2.75) is 51.6 Å². The van der Waals surface area contributed by atoms with E-state index in [1.807, 2.05) is 0 Å². The van der Waals surface area contributed by atoms with Crippen molar-refractivity contribution < 1.29 is 0 Å². The Bertz CT molecular complexity index is 189. The van der Waals surface area contributed by atoms with Crippen LogP contribution in [0.2, 0.25) is 0 Å². The molecule has 0 aromatic carbocycles. The summed E-state index contributed by atoms with van der Waals surface area (Å²) in [5.41, 5.74) is 11.5. The molecule has 0 spiro atoms. The molecule has 0 aromatic heterocycles. The molecular formula is C10H21N3. The number of nitrogens with zero attached hydrogens (tertiary/aromatic N) is 1. The van der Waals surface area contributed by atoms with Crippen LogP contribution in [-0.4, -0.2) is 17.9 Å². The van der Waals surface area contributed by atoms with E-state index in [1.54, 1.807) is 0 Å². The van der Waals surface area contributed by atoms with E-state index in [2.05, 4.69) is 18.8 Å². The third kappa shape index (κ3) is 2.44. The van der Waals surface area contributed by atoms with Gasteiger partial charge < -0.3 is 11.5 Å². The van der Waals surface area contributed by atoms with Crippen molar-refractivity contribution in [2.75, 3.05) is 0 Å². The molecule has 3 nitrogen and oxygen atoms in total. The molecule has 1 aliphatic heterocycles. The second-order valence-electron chi connectivity index (χ2n) is 4.00. The summed E-state index contributed by atoms with van der Waals surface area (Å²) in [6, 6.07) is 0.369. The SMILES string of the molecule is CCCCC[C@H]1N=C(N)[C@@H](N)[C@H]1C. The lowest BCUT2D eigenvalue weighted by Gasteiger charge is -2.15. The van der Waals surface area contributed by atoms with E-state index in [-0.39, 0.29) is 6.04 Å². The first-order valence-corrected chi connectivity index (χ1v) is 5.25.